The van der Waals surface area contributed by atoms with Gasteiger partial charge in [-0.1, -0.05) is 6.07 Å². The fraction of sp³-hybridized carbons (Fsp3) is 0. The van der Waals surface area contributed by atoms with E-state index >= 15 is 0 Å². The summed E-state index contributed by atoms with van der Waals surface area (Å²) in [6.45, 7) is 0. The first kappa shape index (κ1) is 22.5. The van der Waals surface area contributed by atoms with Crippen molar-refractivity contribution in [3.8, 4) is 0 Å². The largest absolute Gasteiger partial charge is 0.295 e. The average molecular weight is 241 g/mol. The Morgan fingerprint density at radius 1 is 0.818 bits per heavy atom. The van der Waals surface area contributed by atoms with Crippen molar-refractivity contribution in [1.29, 1.82) is 0 Å². The molecule has 0 aliphatic heterocycles. The molecule has 0 unspecified atom stereocenters. The lowest BCUT2D eigenvalue weighted by atomic mass is 10.5. The minimum Gasteiger partial charge on any atom is -0.295 e. The van der Waals surface area contributed by atoms with Crippen molar-refractivity contribution in [2.75, 3.05) is 0 Å². The average Bonchev–Trinajstić information content (AvgIpc) is 1.96. The highest BCUT2D eigenvalue weighted by Gasteiger charge is 1.58. The second-order valence-corrected chi connectivity index (χ2v) is 1.02. The van der Waals surface area contributed by atoms with Gasteiger partial charge >= 0.3 is 0 Å². The number of hydrogen-bond acceptors (Lipinski definition) is 2. The Hall–Kier alpha value is 0.270. The van der Waals surface area contributed by atoms with Crippen molar-refractivity contribution in [3.63, 3.8) is 0 Å². The summed E-state index contributed by atoms with van der Waals surface area (Å²) in [5, 5.41) is 0. The summed E-state index contributed by atoms with van der Waals surface area (Å²) in [6, 6.07) is 5.72. The van der Waals surface area contributed by atoms with Crippen LogP contribution in [0.25, 0.3) is 0 Å². The third-order valence-electron chi connectivity index (χ3n) is 0.566. The van der Waals surface area contributed by atoms with Crippen LogP contribution in [0.15, 0.2) is 30.6 Å². The molecule has 1 rings (SSSR count). The number of nitrogens with zero attached hydrogens (tertiary/aromatic N) is 1. The van der Waals surface area contributed by atoms with Crippen molar-refractivity contribution in [2.45, 2.75) is 0 Å². The first-order valence-electron chi connectivity index (χ1n) is 2.02. The Labute approximate surface area is 89.4 Å². The van der Waals surface area contributed by atoms with Crippen LogP contribution in [0.1, 0.15) is 0 Å². The molecule has 0 bridgehead atoms. The zero-order chi connectivity index (χ0) is 6.24. The lowest BCUT2D eigenvalue weighted by Crippen LogP contribution is -1.58. The monoisotopic (exact) mass is 239 g/mol. The molecule has 0 aromatic carbocycles. The zero-order valence-electron chi connectivity index (χ0n) is 5.38. The van der Waals surface area contributed by atoms with Crippen LogP contribution in [0.2, 0.25) is 0 Å². The van der Waals surface area contributed by atoms with Crippen LogP contribution in [0, 0.1) is 0 Å². The van der Waals surface area contributed by atoms with E-state index in [1.807, 2.05) is 18.2 Å². The van der Waals surface area contributed by atoms with Crippen LogP contribution in [-0.4, -0.2) is 9.64 Å². The predicted octanol–water partition coefficient (Wildman–Crippen LogP) is 2.48. The fourth-order valence-electron chi connectivity index (χ4n) is 0.313. The Bertz CT molecular complexity index is 90.4. The van der Waals surface area contributed by atoms with E-state index in [-0.39, 0.29) is 37.2 Å². The molecule has 0 atom stereocenters. The first-order valence-corrected chi connectivity index (χ1v) is 2.36. The molecule has 2 nitrogen and oxygen atoms in total. The van der Waals surface area contributed by atoms with Gasteiger partial charge in [-0.05, 0) is 12.1 Å². The summed E-state index contributed by atoms with van der Waals surface area (Å²) >= 11 is 3.64. The molecule has 1 aromatic heterocycles. The molecule has 0 aliphatic carbocycles. The number of rotatable bonds is 0. The molecule has 1 N–H and O–H groups in total. The molecule has 6 heteroatoms. The van der Waals surface area contributed by atoms with E-state index in [4.69, 9.17) is 4.66 Å². The fourth-order valence-corrected chi connectivity index (χ4v) is 0.313. The highest BCUT2D eigenvalue weighted by atomic mass is 35.5. The second kappa shape index (κ2) is 22.4. The van der Waals surface area contributed by atoms with Gasteiger partial charge in [0.15, 0.2) is 0 Å². The minimum atomic E-state index is 0. The molecule has 0 fully saturated rings. The van der Waals surface area contributed by atoms with Crippen molar-refractivity contribution in [3.05, 3.63) is 30.6 Å². The molecule has 0 aliphatic rings. The maximum absolute atomic E-state index is 6.47. The predicted molar refractivity (Wildman–Crippen MR) is 54.1 cm³/mol. The smallest absolute Gasteiger partial charge is 0.0579 e. The van der Waals surface area contributed by atoms with Crippen LogP contribution < -0.4 is 0 Å². The van der Waals surface area contributed by atoms with Crippen molar-refractivity contribution in [2.24, 2.45) is 0 Å². The van der Waals surface area contributed by atoms with E-state index in [1.165, 1.54) is 0 Å². The van der Waals surface area contributed by atoms with E-state index < -0.39 is 0 Å². The Kier molecular flexibility index (Phi) is 45.9. The van der Waals surface area contributed by atoms with Gasteiger partial charge in [-0.3, -0.25) is 9.64 Å². The van der Waals surface area contributed by atoms with Gasteiger partial charge in [0.1, 0.15) is 0 Å². The Morgan fingerprint density at radius 3 is 1.27 bits per heavy atom. The molecule has 1 aromatic rings. The summed E-state index contributed by atoms with van der Waals surface area (Å²) in [6.07, 6.45) is 3.50. The lowest BCUT2D eigenvalue weighted by Gasteiger charge is -1.70. The van der Waals surface area contributed by atoms with Gasteiger partial charge in [0, 0.05) is 12.4 Å². The number of aromatic nitrogens is 1. The maximum Gasteiger partial charge on any atom is 0.0579 e. The van der Waals surface area contributed by atoms with E-state index in [2.05, 4.69) is 16.9 Å². The second-order valence-electron chi connectivity index (χ2n) is 1.02. The Balaban J connectivity index is -0.0000000459. The third kappa shape index (κ3) is 17.9. The summed E-state index contributed by atoms with van der Waals surface area (Å²) in [4.78, 5) is 3.78. The molecule has 0 spiro atoms. The lowest BCUT2D eigenvalue weighted by molar-refractivity contribution is 0.632. The van der Waals surface area contributed by atoms with Crippen molar-refractivity contribution < 1.29 is 4.66 Å². The molecule has 0 saturated carbocycles. The summed E-state index contributed by atoms with van der Waals surface area (Å²) in [7, 11) is 0. The van der Waals surface area contributed by atoms with Gasteiger partial charge in [0.2, 0.25) is 0 Å². The van der Waals surface area contributed by atoms with Gasteiger partial charge in [0.25, 0.3) is 0 Å². The van der Waals surface area contributed by atoms with Gasteiger partial charge in [-0.25, -0.2) is 0 Å². The van der Waals surface area contributed by atoms with Crippen LogP contribution >= 0.6 is 49.1 Å². The molecule has 0 radical (unpaired) electrons. The van der Waals surface area contributed by atoms with Crippen molar-refractivity contribution >= 4 is 49.1 Å². The molecule has 11 heavy (non-hydrogen) atoms. The third-order valence-corrected chi connectivity index (χ3v) is 0.566. The number of halogens is 4. The molecule has 0 saturated heterocycles. The summed E-state index contributed by atoms with van der Waals surface area (Å²) < 4.78 is 6.47. The zero-order valence-corrected chi connectivity index (χ0v) is 8.59. The van der Waals surface area contributed by atoms with E-state index in [1.54, 1.807) is 12.4 Å². The molecule has 1 heterocycles. The molecular weight excluding hydrogens is 232 g/mol. The van der Waals surface area contributed by atoms with Crippen LogP contribution in [0.4, 0.5) is 0 Å². The number of pyridine rings is 1. The normalized spacial score (nSPS) is 4.91. The van der Waals surface area contributed by atoms with Gasteiger partial charge < -0.3 is 0 Å². The first-order chi connectivity index (χ1) is 4.00. The SMILES string of the molecule is Cl.Cl.Cl.OCl.c1ccncc1. The highest BCUT2D eigenvalue weighted by molar-refractivity contribution is 6.04. The van der Waals surface area contributed by atoms with E-state index in [9.17, 15) is 0 Å². The van der Waals surface area contributed by atoms with Crippen LogP contribution in [-0.2, 0) is 0 Å². The van der Waals surface area contributed by atoms with Gasteiger partial charge in [-0.2, -0.15) is 0 Å². The summed E-state index contributed by atoms with van der Waals surface area (Å²) in [5.74, 6) is 0. The van der Waals surface area contributed by atoms with E-state index in [0.29, 0.717) is 0 Å². The minimum absolute atomic E-state index is 0. The molecule has 0 amide bonds. The van der Waals surface area contributed by atoms with Gasteiger partial charge in [0.05, 0.1) is 11.9 Å². The van der Waals surface area contributed by atoms with E-state index in [0.717, 1.165) is 0 Å². The number of hydrogen-bond donors (Lipinski definition) is 1. The maximum atomic E-state index is 6.47. The molecular formula is C5H9Cl4NO. The standard InChI is InChI=1S/C5H5N.ClHO.3ClH/c1-2-4-6-5-3-1;1-2;;;/h1-5H;2H;3*1H. The summed E-state index contributed by atoms with van der Waals surface area (Å²) in [5.41, 5.74) is 0. The van der Waals surface area contributed by atoms with Gasteiger partial charge in [-0.15, -0.1) is 37.2 Å². The van der Waals surface area contributed by atoms with Crippen molar-refractivity contribution in [1.82, 2.24) is 4.98 Å². The van der Waals surface area contributed by atoms with Crippen LogP contribution in [0.5, 0.6) is 0 Å². The quantitative estimate of drug-likeness (QED) is 0.756. The topological polar surface area (TPSA) is 33.1 Å². The highest BCUT2D eigenvalue weighted by Crippen LogP contribution is 1.73. The van der Waals surface area contributed by atoms with Crippen LogP contribution in [0.3, 0.4) is 0 Å². The Morgan fingerprint density at radius 2 is 1.18 bits per heavy atom. The molecule has 68 valence electrons.